The molecule has 2 aliphatic heterocycles. The topological polar surface area (TPSA) is 36.9 Å². The molecule has 4 rings (SSSR count). The van der Waals surface area contributed by atoms with Crippen LogP contribution in [-0.4, -0.2) is 50.8 Å². The van der Waals surface area contributed by atoms with Crippen molar-refractivity contribution in [3.8, 4) is 0 Å². The zero-order chi connectivity index (χ0) is 17.8. The average molecular weight is 356 g/mol. The molecule has 0 radical (unpaired) electrons. The standard InChI is InChI=1S/C22H33N3O/c1-23-21(25-15-18-7-5-6-8-19(18)16-25)24-17-22(11-13-26-14-12-22)20-9-3-2-4-10-20/h2-4,9-10,18-19H,5-8,11-17H2,1H3,(H,23,24). The highest BCUT2D eigenvalue weighted by atomic mass is 16.5. The number of likely N-dealkylation sites (tertiary alicyclic amines) is 1. The van der Waals surface area contributed by atoms with Gasteiger partial charge in [-0.15, -0.1) is 0 Å². The number of aliphatic imine (C=N–C) groups is 1. The van der Waals surface area contributed by atoms with E-state index in [0.29, 0.717) is 0 Å². The molecule has 1 aliphatic carbocycles. The lowest BCUT2D eigenvalue weighted by atomic mass is 9.74. The van der Waals surface area contributed by atoms with Gasteiger partial charge in [-0.3, -0.25) is 4.99 Å². The third-order valence-corrected chi connectivity index (χ3v) is 6.91. The van der Waals surface area contributed by atoms with Crippen LogP contribution in [0.1, 0.15) is 44.1 Å². The van der Waals surface area contributed by atoms with E-state index >= 15 is 0 Å². The van der Waals surface area contributed by atoms with E-state index in [4.69, 9.17) is 4.74 Å². The summed E-state index contributed by atoms with van der Waals surface area (Å²) in [5.41, 5.74) is 1.59. The number of ether oxygens (including phenoxy) is 1. The minimum Gasteiger partial charge on any atom is -0.381 e. The molecule has 1 aromatic carbocycles. The van der Waals surface area contributed by atoms with Crippen LogP contribution in [0.25, 0.3) is 0 Å². The second-order valence-corrected chi connectivity index (χ2v) is 8.37. The van der Waals surface area contributed by atoms with E-state index in [1.54, 1.807) is 0 Å². The number of fused-ring (bicyclic) bond motifs is 1. The molecular weight excluding hydrogens is 322 g/mol. The van der Waals surface area contributed by atoms with E-state index in [1.807, 2.05) is 7.05 Å². The maximum Gasteiger partial charge on any atom is 0.193 e. The molecular formula is C22H33N3O. The number of hydrogen-bond donors (Lipinski definition) is 1. The monoisotopic (exact) mass is 355 g/mol. The number of guanidine groups is 1. The second-order valence-electron chi connectivity index (χ2n) is 8.37. The van der Waals surface area contributed by atoms with Gasteiger partial charge in [0.1, 0.15) is 0 Å². The van der Waals surface area contributed by atoms with Gasteiger partial charge in [0, 0.05) is 45.3 Å². The van der Waals surface area contributed by atoms with E-state index < -0.39 is 0 Å². The SMILES string of the molecule is CN=C(NCC1(c2ccccc2)CCOCC1)N1CC2CCCCC2C1. The summed E-state index contributed by atoms with van der Waals surface area (Å²) >= 11 is 0. The van der Waals surface area contributed by atoms with Crippen molar-refractivity contribution in [1.29, 1.82) is 0 Å². The predicted octanol–water partition coefficient (Wildman–Crippen LogP) is 3.43. The van der Waals surface area contributed by atoms with Gasteiger partial charge in [-0.1, -0.05) is 43.2 Å². The normalized spacial score (nSPS) is 28.7. The van der Waals surface area contributed by atoms with Gasteiger partial charge in [0.2, 0.25) is 0 Å². The molecule has 142 valence electrons. The Morgan fingerprint density at radius 3 is 2.38 bits per heavy atom. The molecule has 2 atom stereocenters. The molecule has 2 unspecified atom stereocenters. The number of benzene rings is 1. The molecule has 0 bridgehead atoms. The lowest BCUT2D eigenvalue weighted by molar-refractivity contribution is 0.0512. The van der Waals surface area contributed by atoms with Gasteiger partial charge in [0.05, 0.1) is 0 Å². The van der Waals surface area contributed by atoms with Gasteiger partial charge in [-0.25, -0.2) is 0 Å². The molecule has 2 saturated heterocycles. The number of nitrogens with one attached hydrogen (secondary N) is 1. The highest BCUT2D eigenvalue weighted by Crippen LogP contribution is 2.37. The van der Waals surface area contributed by atoms with Crippen molar-refractivity contribution in [1.82, 2.24) is 10.2 Å². The summed E-state index contributed by atoms with van der Waals surface area (Å²) in [6.45, 7) is 5.02. The Bertz CT molecular complexity index is 595. The number of rotatable bonds is 3. The average Bonchev–Trinajstić information content (AvgIpc) is 3.14. The largest absolute Gasteiger partial charge is 0.381 e. The van der Waals surface area contributed by atoms with E-state index in [-0.39, 0.29) is 5.41 Å². The van der Waals surface area contributed by atoms with E-state index in [0.717, 1.165) is 50.4 Å². The quantitative estimate of drug-likeness (QED) is 0.667. The van der Waals surface area contributed by atoms with Gasteiger partial charge in [-0.05, 0) is 43.1 Å². The first-order valence-corrected chi connectivity index (χ1v) is 10.4. The summed E-state index contributed by atoms with van der Waals surface area (Å²) in [7, 11) is 1.93. The minimum atomic E-state index is 0.155. The Balaban J connectivity index is 1.45. The molecule has 4 heteroatoms. The van der Waals surface area contributed by atoms with Crippen molar-refractivity contribution in [3.05, 3.63) is 35.9 Å². The highest BCUT2D eigenvalue weighted by molar-refractivity contribution is 5.80. The first-order valence-electron chi connectivity index (χ1n) is 10.4. The van der Waals surface area contributed by atoms with Crippen LogP contribution in [-0.2, 0) is 10.2 Å². The predicted molar refractivity (Wildman–Crippen MR) is 107 cm³/mol. The van der Waals surface area contributed by atoms with Crippen LogP contribution >= 0.6 is 0 Å². The summed E-state index contributed by atoms with van der Waals surface area (Å²) in [6, 6.07) is 11.0. The van der Waals surface area contributed by atoms with Crippen LogP contribution in [0.15, 0.2) is 35.3 Å². The van der Waals surface area contributed by atoms with Gasteiger partial charge >= 0.3 is 0 Å². The fourth-order valence-electron chi connectivity index (χ4n) is 5.28. The van der Waals surface area contributed by atoms with Crippen LogP contribution in [0.3, 0.4) is 0 Å². The third kappa shape index (κ3) is 3.62. The Morgan fingerprint density at radius 1 is 1.12 bits per heavy atom. The molecule has 26 heavy (non-hydrogen) atoms. The second kappa shape index (κ2) is 7.99. The van der Waals surface area contributed by atoms with Crippen molar-refractivity contribution in [2.24, 2.45) is 16.8 Å². The maximum atomic E-state index is 5.67. The molecule has 4 nitrogen and oxygen atoms in total. The van der Waals surface area contributed by atoms with Gasteiger partial charge < -0.3 is 15.0 Å². The van der Waals surface area contributed by atoms with Gasteiger partial charge in [0.25, 0.3) is 0 Å². The Labute approximate surface area is 158 Å². The molecule has 3 aliphatic rings. The van der Waals surface area contributed by atoms with Crippen LogP contribution in [0.5, 0.6) is 0 Å². The number of hydrogen-bond acceptors (Lipinski definition) is 2. The molecule has 0 spiro atoms. The smallest absolute Gasteiger partial charge is 0.193 e. The molecule has 3 fully saturated rings. The summed E-state index contributed by atoms with van der Waals surface area (Å²) in [4.78, 5) is 7.15. The van der Waals surface area contributed by atoms with Crippen molar-refractivity contribution in [2.75, 3.05) is 39.9 Å². The minimum absolute atomic E-state index is 0.155. The zero-order valence-electron chi connectivity index (χ0n) is 16.1. The van der Waals surface area contributed by atoms with Crippen LogP contribution in [0.2, 0.25) is 0 Å². The number of nitrogens with zero attached hydrogens (tertiary/aromatic N) is 2. The third-order valence-electron chi connectivity index (χ3n) is 6.91. The van der Waals surface area contributed by atoms with Crippen molar-refractivity contribution in [2.45, 2.75) is 43.9 Å². The highest BCUT2D eigenvalue weighted by Gasteiger charge is 2.38. The molecule has 0 aromatic heterocycles. The van der Waals surface area contributed by atoms with E-state index in [9.17, 15) is 0 Å². The van der Waals surface area contributed by atoms with Crippen molar-refractivity contribution in [3.63, 3.8) is 0 Å². The van der Waals surface area contributed by atoms with Crippen molar-refractivity contribution < 1.29 is 4.74 Å². The van der Waals surface area contributed by atoms with Gasteiger partial charge in [0.15, 0.2) is 5.96 Å². The molecule has 1 aromatic rings. The Hall–Kier alpha value is -1.55. The fraction of sp³-hybridized carbons (Fsp3) is 0.682. The maximum absolute atomic E-state index is 5.67. The molecule has 1 saturated carbocycles. The van der Waals surface area contributed by atoms with Gasteiger partial charge in [-0.2, -0.15) is 0 Å². The first kappa shape index (κ1) is 17.8. The van der Waals surface area contributed by atoms with E-state index in [2.05, 4.69) is 45.5 Å². The Kier molecular flexibility index (Phi) is 5.49. The molecule has 2 heterocycles. The Morgan fingerprint density at radius 2 is 1.77 bits per heavy atom. The lowest BCUT2D eigenvalue weighted by Gasteiger charge is -2.39. The van der Waals surface area contributed by atoms with Crippen LogP contribution in [0.4, 0.5) is 0 Å². The van der Waals surface area contributed by atoms with Crippen LogP contribution < -0.4 is 5.32 Å². The fourth-order valence-corrected chi connectivity index (χ4v) is 5.28. The van der Waals surface area contributed by atoms with E-state index in [1.165, 1.54) is 44.3 Å². The lowest BCUT2D eigenvalue weighted by Crippen LogP contribution is -2.49. The summed E-state index contributed by atoms with van der Waals surface area (Å²) in [5.74, 6) is 2.86. The van der Waals surface area contributed by atoms with Crippen LogP contribution in [0, 0.1) is 11.8 Å². The summed E-state index contributed by atoms with van der Waals surface area (Å²) < 4.78 is 5.67. The molecule has 0 amide bonds. The first-order chi connectivity index (χ1) is 12.8. The zero-order valence-corrected chi connectivity index (χ0v) is 16.1. The van der Waals surface area contributed by atoms with Crippen molar-refractivity contribution >= 4 is 5.96 Å². The summed E-state index contributed by atoms with van der Waals surface area (Å²) in [6.07, 6.45) is 7.79. The molecule has 1 N–H and O–H groups in total. The summed E-state index contributed by atoms with van der Waals surface area (Å²) in [5, 5.41) is 3.75.